The van der Waals surface area contributed by atoms with Crippen LogP contribution in [-0.2, 0) is 0 Å². The fraction of sp³-hybridized carbons (Fsp3) is 0.200. The van der Waals surface area contributed by atoms with Crippen LogP contribution in [0.5, 0.6) is 0 Å². The minimum absolute atomic E-state index is 0.0982. The number of carboxylic acid groups (broad SMARTS) is 1. The molecule has 0 amide bonds. The van der Waals surface area contributed by atoms with Crippen LogP contribution in [0.3, 0.4) is 0 Å². The van der Waals surface area contributed by atoms with Crippen LogP contribution in [-0.4, -0.2) is 34.6 Å². The number of anilines is 1. The summed E-state index contributed by atoms with van der Waals surface area (Å²) in [5, 5.41) is 19.5. The Morgan fingerprint density at radius 1 is 1.76 bits per heavy atom. The molecule has 1 aromatic heterocycles. The zero-order valence-electron chi connectivity index (χ0n) is 8.95. The van der Waals surface area contributed by atoms with Crippen molar-refractivity contribution in [3.05, 3.63) is 27.9 Å². The zero-order chi connectivity index (χ0) is 13.0. The summed E-state index contributed by atoms with van der Waals surface area (Å²) >= 11 is 0. The lowest BCUT2D eigenvalue weighted by atomic mass is 10.2. The predicted octanol–water partition coefficient (Wildman–Crippen LogP) is 0.757. The van der Waals surface area contributed by atoms with Crippen LogP contribution in [0.1, 0.15) is 10.4 Å². The molecule has 0 aliphatic rings. The number of rotatable bonds is 4. The number of hydrogen-bond acceptors (Lipinski definition) is 5. The maximum absolute atomic E-state index is 11.0. The number of hydrogen-bond donors (Lipinski definition) is 1. The molecule has 0 spiro atoms. The van der Waals surface area contributed by atoms with Crippen LogP contribution in [0.15, 0.2) is 12.3 Å². The van der Waals surface area contributed by atoms with Crippen LogP contribution in [0.25, 0.3) is 0 Å². The maximum Gasteiger partial charge on any atom is 0.339 e. The van der Waals surface area contributed by atoms with Gasteiger partial charge in [-0.15, -0.1) is 6.42 Å². The molecule has 1 aromatic rings. The Morgan fingerprint density at radius 2 is 2.41 bits per heavy atom. The molecule has 0 saturated heterocycles. The molecule has 0 radical (unpaired) electrons. The molecule has 7 nitrogen and oxygen atoms in total. The van der Waals surface area contributed by atoms with E-state index in [9.17, 15) is 14.9 Å². The molecule has 0 aromatic carbocycles. The largest absolute Gasteiger partial charge is 0.478 e. The van der Waals surface area contributed by atoms with Crippen molar-refractivity contribution in [2.45, 2.75) is 0 Å². The van der Waals surface area contributed by atoms with Gasteiger partial charge in [0, 0.05) is 13.1 Å². The Labute approximate surface area is 96.8 Å². The van der Waals surface area contributed by atoms with E-state index >= 15 is 0 Å². The first-order valence-corrected chi connectivity index (χ1v) is 4.49. The summed E-state index contributed by atoms with van der Waals surface area (Å²) in [4.78, 5) is 25.9. The highest BCUT2D eigenvalue weighted by molar-refractivity contribution is 5.94. The number of carbonyl (C=O) groups is 1. The maximum atomic E-state index is 11.0. The SMILES string of the molecule is C#CCN(C)c1ncc([N+](=O)[O-])cc1C(=O)O. The lowest BCUT2D eigenvalue weighted by Crippen LogP contribution is -2.21. The Bertz CT molecular complexity index is 507. The van der Waals surface area contributed by atoms with Crippen LogP contribution in [0, 0.1) is 22.5 Å². The number of aromatic nitrogens is 1. The van der Waals surface area contributed by atoms with Gasteiger partial charge in [-0.3, -0.25) is 10.1 Å². The molecule has 17 heavy (non-hydrogen) atoms. The molecule has 88 valence electrons. The van der Waals surface area contributed by atoms with Gasteiger partial charge in [0.2, 0.25) is 0 Å². The fourth-order valence-corrected chi connectivity index (χ4v) is 1.22. The van der Waals surface area contributed by atoms with Gasteiger partial charge in [-0.25, -0.2) is 9.78 Å². The van der Waals surface area contributed by atoms with E-state index in [4.69, 9.17) is 11.5 Å². The second-order valence-electron chi connectivity index (χ2n) is 3.19. The first-order valence-electron chi connectivity index (χ1n) is 4.49. The van der Waals surface area contributed by atoms with Crippen molar-refractivity contribution in [3.63, 3.8) is 0 Å². The third-order valence-electron chi connectivity index (χ3n) is 1.98. The van der Waals surface area contributed by atoms with Crippen LogP contribution in [0.4, 0.5) is 11.5 Å². The third kappa shape index (κ3) is 2.69. The summed E-state index contributed by atoms with van der Waals surface area (Å²) < 4.78 is 0. The van der Waals surface area contributed by atoms with E-state index in [1.807, 2.05) is 0 Å². The van der Waals surface area contributed by atoms with Crippen molar-refractivity contribution in [1.82, 2.24) is 4.98 Å². The van der Waals surface area contributed by atoms with Gasteiger partial charge < -0.3 is 10.0 Å². The second kappa shape index (κ2) is 4.94. The van der Waals surface area contributed by atoms with Gasteiger partial charge in [-0.05, 0) is 0 Å². The molecule has 0 aliphatic carbocycles. The summed E-state index contributed by atoms with van der Waals surface area (Å²) in [5.74, 6) is 1.14. The van der Waals surface area contributed by atoms with Crippen molar-refractivity contribution in [2.24, 2.45) is 0 Å². The van der Waals surface area contributed by atoms with Crippen molar-refractivity contribution in [2.75, 3.05) is 18.5 Å². The minimum Gasteiger partial charge on any atom is -0.478 e. The van der Waals surface area contributed by atoms with Crippen LogP contribution >= 0.6 is 0 Å². The molecule has 0 fully saturated rings. The monoisotopic (exact) mass is 235 g/mol. The molecule has 0 saturated carbocycles. The highest BCUT2D eigenvalue weighted by Gasteiger charge is 2.19. The number of nitro groups is 1. The van der Waals surface area contributed by atoms with Crippen LogP contribution < -0.4 is 4.90 Å². The van der Waals surface area contributed by atoms with Crippen molar-refractivity contribution in [3.8, 4) is 12.3 Å². The van der Waals surface area contributed by atoms with E-state index in [0.29, 0.717) is 0 Å². The average Bonchev–Trinajstić information content (AvgIpc) is 2.28. The average molecular weight is 235 g/mol. The molecular weight excluding hydrogens is 226 g/mol. The van der Waals surface area contributed by atoms with Crippen molar-refractivity contribution < 1.29 is 14.8 Å². The number of aromatic carboxylic acids is 1. The summed E-state index contributed by atoms with van der Waals surface area (Å²) in [5.41, 5.74) is -0.628. The number of pyridine rings is 1. The van der Waals surface area contributed by atoms with Crippen molar-refractivity contribution >= 4 is 17.5 Å². The zero-order valence-corrected chi connectivity index (χ0v) is 8.95. The normalized spacial score (nSPS) is 9.41. The van der Waals surface area contributed by atoms with Gasteiger partial charge in [-0.2, -0.15) is 0 Å². The van der Waals surface area contributed by atoms with E-state index in [-0.39, 0.29) is 23.6 Å². The Balaban J connectivity index is 3.27. The van der Waals surface area contributed by atoms with Gasteiger partial charge in [0.1, 0.15) is 17.6 Å². The fourth-order valence-electron chi connectivity index (χ4n) is 1.22. The smallest absolute Gasteiger partial charge is 0.339 e. The molecule has 1 heterocycles. The molecule has 0 atom stereocenters. The summed E-state index contributed by atoms with van der Waals surface area (Å²) in [7, 11) is 1.56. The van der Waals surface area contributed by atoms with Gasteiger partial charge >= 0.3 is 5.97 Å². The molecule has 0 unspecified atom stereocenters. The molecule has 1 rings (SSSR count). The minimum atomic E-state index is -1.29. The van der Waals surface area contributed by atoms with Crippen molar-refractivity contribution in [1.29, 1.82) is 0 Å². The highest BCUT2D eigenvalue weighted by atomic mass is 16.6. The first-order chi connectivity index (χ1) is 7.97. The standard InChI is InChI=1S/C10H9N3O4/c1-3-4-12(2)9-8(10(14)15)5-7(6-11-9)13(16)17/h1,5-6H,4H2,2H3,(H,14,15). The topological polar surface area (TPSA) is 96.6 Å². The lowest BCUT2D eigenvalue weighted by molar-refractivity contribution is -0.385. The summed E-state index contributed by atoms with van der Waals surface area (Å²) in [6.07, 6.45) is 6.09. The van der Waals surface area contributed by atoms with E-state index in [2.05, 4.69) is 10.9 Å². The van der Waals surface area contributed by atoms with Gasteiger partial charge in [0.05, 0.1) is 11.5 Å². The lowest BCUT2D eigenvalue weighted by Gasteiger charge is -2.16. The van der Waals surface area contributed by atoms with Gasteiger partial charge in [0.15, 0.2) is 0 Å². The summed E-state index contributed by atoms with van der Waals surface area (Å²) in [6.45, 7) is 0.158. The van der Waals surface area contributed by atoms with E-state index in [1.54, 1.807) is 7.05 Å². The quantitative estimate of drug-likeness (QED) is 0.470. The Hall–Kier alpha value is -2.62. The number of terminal acetylenes is 1. The second-order valence-corrected chi connectivity index (χ2v) is 3.19. The molecular formula is C10H9N3O4. The molecule has 0 aliphatic heterocycles. The predicted molar refractivity (Wildman–Crippen MR) is 60.0 cm³/mol. The van der Waals surface area contributed by atoms with Gasteiger partial charge in [0.25, 0.3) is 5.69 Å². The Morgan fingerprint density at radius 3 is 2.88 bits per heavy atom. The molecule has 0 bridgehead atoms. The number of nitrogens with zero attached hydrogens (tertiary/aromatic N) is 3. The van der Waals surface area contributed by atoms with E-state index < -0.39 is 10.9 Å². The van der Waals surface area contributed by atoms with Crippen LogP contribution in [0.2, 0.25) is 0 Å². The Kier molecular flexibility index (Phi) is 3.62. The van der Waals surface area contributed by atoms with Gasteiger partial charge in [-0.1, -0.05) is 5.92 Å². The number of carboxylic acids is 1. The third-order valence-corrected chi connectivity index (χ3v) is 1.98. The molecule has 1 N–H and O–H groups in total. The van der Waals surface area contributed by atoms with E-state index in [1.165, 1.54) is 4.90 Å². The van der Waals surface area contributed by atoms with E-state index in [0.717, 1.165) is 12.3 Å². The first kappa shape index (κ1) is 12.4. The molecule has 7 heteroatoms. The highest BCUT2D eigenvalue weighted by Crippen LogP contribution is 2.21. The summed E-state index contributed by atoms with van der Waals surface area (Å²) in [6, 6.07) is 0.956.